The number of nitrogens with one attached hydrogen (secondary N) is 1. The van der Waals surface area contributed by atoms with E-state index in [2.05, 4.69) is 5.32 Å². The van der Waals surface area contributed by atoms with Gasteiger partial charge in [-0.25, -0.2) is 0 Å². The lowest BCUT2D eigenvalue weighted by molar-refractivity contribution is -0.119. The van der Waals surface area contributed by atoms with Crippen LogP contribution in [0.25, 0.3) is 0 Å². The number of carbonyl (C=O) groups excluding carboxylic acids is 1. The van der Waals surface area contributed by atoms with E-state index in [1.165, 1.54) is 5.54 Å². The summed E-state index contributed by atoms with van der Waals surface area (Å²) in [6.45, 7) is 2.63. The van der Waals surface area contributed by atoms with Gasteiger partial charge in [0.25, 0.3) is 0 Å². The van der Waals surface area contributed by atoms with Crippen molar-refractivity contribution in [2.75, 3.05) is 26.2 Å². The molecule has 1 rings (SSSR count). The largest absolute Gasteiger partial charge is 0.369 e. The summed E-state index contributed by atoms with van der Waals surface area (Å²) in [7, 11) is 0. The Morgan fingerprint density at radius 2 is 2.06 bits per heavy atom. The molecule has 1 aliphatic rings. The van der Waals surface area contributed by atoms with Crippen molar-refractivity contribution in [1.29, 1.82) is 0 Å². The van der Waals surface area contributed by atoms with Crippen molar-refractivity contribution in [3.05, 3.63) is 10.6 Å². The monoisotopic (exact) mass is 265 g/mol. The summed E-state index contributed by atoms with van der Waals surface area (Å²) in [6, 6.07) is 0.346. The second kappa shape index (κ2) is 7.12. The van der Waals surface area contributed by atoms with Gasteiger partial charge in [-0.2, -0.15) is 0 Å². The molecule has 0 atom stereocenters. The van der Waals surface area contributed by atoms with Crippen LogP contribution >= 0.6 is 23.2 Å². The Kier molecular flexibility index (Phi) is 6.13. The van der Waals surface area contributed by atoms with Crippen molar-refractivity contribution in [1.82, 2.24) is 10.2 Å². The van der Waals surface area contributed by atoms with Crippen molar-refractivity contribution < 1.29 is 4.79 Å². The third kappa shape index (κ3) is 4.70. The number of rotatable bonds is 5. The molecule has 1 heterocycles. The Bertz CT molecular complexity index is 265. The number of nitrogens with zero attached hydrogens (tertiary/aromatic N) is 1. The first-order valence-corrected chi connectivity index (χ1v) is 6.12. The molecule has 0 bridgehead atoms. The summed E-state index contributed by atoms with van der Waals surface area (Å²) in [5.74, 6) is -0.336. The van der Waals surface area contributed by atoms with Crippen LogP contribution in [0.2, 0.25) is 0 Å². The van der Waals surface area contributed by atoms with E-state index < -0.39 is 0 Å². The van der Waals surface area contributed by atoms with Crippen molar-refractivity contribution in [3.8, 4) is 0 Å². The van der Waals surface area contributed by atoms with Gasteiger partial charge in [-0.3, -0.25) is 9.69 Å². The standard InChI is InChI=1S/C10H17Cl2N3O/c11-5-8(12)6-15(7-10(13)16)9-1-3-14-4-2-9/h5,9,14H,1-4,6-7H2,(H2,13,16). The second-order valence-corrected chi connectivity index (χ2v) is 4.61. The first kappa shape index (κ1) is 13.8. The van der Waals surface area contributed by atoms with Gasteiger partial charge in [-0.15, -0.1) is 0 Å². The predicted molar refractivity (Wildman–Crippen MR) is 66.4 cm³/mol. The molecule has 1 saturated heterocycles. The molecule has 0 spiro atoms. The molecule has 3 N–H and O–H groups in total. The maximum atomic E-state index is 11.0. The number of hydrogen-bond acceptors (Lipinski definition) is 3. The first-order chi connectivity index (χ1) is 7.63. The number of piperidine rings is 1. The smallest absolute Gasteiger partial charge is 0.231 e. The Morgan fingerprint density at radius 1 is 1.44 bits per heavy atom. The lowest BCUT2D eigenvalue weighted by Gasteiger charge is -2.33. The molecule has 0 radical (unpaired) electrons. The molecule has 4 nitrogen and oxygen atoms in total. The van der Waals surface area contributed by atoms with Gasteiger partial charge in [-0.05, 0) is 25.9 Å². The van der Waals surface area contributed by atoms with E-state index in [0.717, 1.165) is 25.9 Å². The highest BCUT2D eigenvalue weighted by atomic mass is 35.5. The van der Waals surface area contributed by atoms with Crippen LogP contribution in [-0.2, 0) is 4.79 Å². The van der Waals surface area contributed by atoms with E-state index in [1.807, 2.05) is 4.90 Å². The molecular formula is C10H17Cl2N3O. The van der Waals surface area contributed by atoms with Gasteiger partial charge in [0.1, 0.15) is 0 Å². The van der Waals surface area contributed by atoms with Crippen LogP contribution in [-0.4, -0.2) is 43.0 Å². The van der Waals surface area contributed by atoms with Crippen LogP contribution in [0.5, 0.6) is 0 Å². The zero-order chi connectivity index (χ0) is 12.0. The maximum absolute atomic E-state index is 11.0. The van der Waals surface area contributed by atoms with Gasteiger partial charge in [0.15, 0.2) is 0 Å². The van der Waals surface area contributed by atoms with Gasteiger partial charge in [0, 0.05) is 23.2 Å². The molecule has 1 amide bonds. The summed E-state index contributed by atoms with van der Waals surface area (Å²) in [6.07, 6.45) is 2.00. The normalized spacial score (nSPS) is 19.1. The van der Waals surface area contributed by atoms with Crippen molar-refractivity contribution in [3.63, 3.8) is 0 Å². The average Bonchev–Trinajstić information content (AvgIpc) is 2.28. The number of carbonyl (C=O) groups is 1. The zero-order valence-electron chi connectivity index (χ0n) is 9.09. The second-order valence-electron chi connectivity index (χ2n) is 3.91. The van der Waals surface area contributed by atoms with Gasteiger partial charge >= 0.3 is 0 Å². The fourth-order valence-electron chi connectivity index (χ4n) is 1.91. The SMILES string of the molecule is NC(=O)CN(CC(Cl)=CCl)C1CCNCC1. The quantitative estimate of drug-likeness (QED) is 0.775. The third-order valence-corrected chi connectivity index (χ3v) is 3.26. The Balaban J connectivity index is 2.57. The van der Waals surface area contributed by atoms with Crippen LogP contribution in [0.3, 0.4) is 0 Å². The van der Waals surface area contributed by atoms with Crippen LogP contribution < -0.4 is 11.1 Å². The predicted octanol–water partition coefficient (Wildman–Crippen LogP) is 0.845. The highest BCUT2D eigenvalue weighted by Crippen LogP contribution is 2.15. The van der Waals surface area contributed by atoms with Gasteiger partial charge < -0.3 is 11.1 Å². The first-order valence-electron chi connectivity index (χ1n) is 5.31. The Morgan fingerprint density at radius 3 is 2.56 bits per heavy atom. The van der Waals surface area contributed by atoms with E-state index in [0.29, 0.717) is 17.6 Å². The summed E-state index contributed by atoms with van der Waals surface area (Å²) in [4.78, 5) is 13.0. The summed E-state index contributed by atoms with van der Waals surface area (Å²) < 4.78 is 0. The van der Waals surface area contributed by atoms with Gasteiger partial charge in [0.05, 0.1) is 6.54 Å². The van der Waals surface area contributed by atoms with E-state index >= 15 is 0 Å². The number of nitrogens with two attached hydrogens (primary N) is 1. The van der Waals surface area contributed by atoms with E-state index in [-0.39, 0.29) is 12.5 Å². The van der Waals surface area contributed by atoms with Crippen LogP contribution in [0, 0.1) is 0 Å². The minimum absolute atomic E-state index is 0.228. The maximum Gasteiger partial charge on any atom is 0.231 e. The molecule has 0 aromatic heterocycles. The number of amides is 1. The molecule has 1 fully saturated rings. The Hall–Kier alpha value is -0.290. The number of primary amides is 1. The van der Waals surface area contributed by atoms with Crippen LogP contribution in [0.1, 0.15) is 12.8 Å². The molecule has 0 aromatic rings. The molecular weight excluding hydrogens is 249 g/mol. The minimum atomic E-state index is -0.336. The van der Waals surface area contributed by atoms with Crippen molar-refractivity contribution >= 4 is 29.1 Å². The third-order valence-electron chi connectivity index (χ3n) is 2.66. The number of hydrogen-bond donors (Lipinski definition) is 2. The van der Waals surface area contributed by atoms with Crippen molar-refractivity contribution in [2.45, 2.75) is 18.9 Å². The molecule has 16 heavy (non-hydrogen) atoms. The summed E-state index contributed by atoms with van der Waals surface area (Å²) >= 11 is 11.4. The fraction of sp³-hybridized carbons (Fsp3) is 0.700. The molecule has 1 aliphatic heterocycles. The lowest BCUT2D eigenvalue weighted by Crippen LogP contribution is -2.46. The number of halogens is 2. The average molecular weight is 266 g/mol. The van der Waals surface area contributed by atoms with E-state index in [9.17, 15) is 4.79 Å². The van der Waals surface area contributed by atoms with Crippen LogP contribution in [0.15, 0.2) is 10.6 Å². The van der Waals surface area contributed by atoms with Gasteiger partial charge in [0.2, 0.25) is 5.91 Å². The minimum Gasteiger partial charge on any atom is -0.369 e. The molecule has 0 aliphatic carbocycles. The molecule has 0 unspecified atom stereocenters. The van der Waals surface area contributed by atoms with Crippen LogP contribution in [0.4, 0.5) is 0 Å². The topological polar surface area (TPSA) is 58.4 Å². The van der Waals surface area contributed by atoms with E-state index in [1.54, 1.807) is 0 Å². The zero-order valence-corrected chi connectivity index (χ0v) is 10.6. The molecule has 6 heteroatoms. The van der Waals surface area contributed by atoms with E-state index in [4.69, 9.17) is 28.9 Å². The Labute approximate surface area is 106 Å². The van der Waals surface area contributed by atoms with Crippen molar-refractivity contribution in [2.24, 2.45) is 5.73 Å². The summed E-state index contributed by atoms with van der Waals surface area (Å²) in [5, 5.41) is 3.80. The summed E-state index contributed by atoms with van der Waals surface area (Å²) in [5.41, 5.74) is 6.56. The molecule has 92 valence electrons. The highest BCUT2D eigenvalue weighted by molar-refractivity contribution is 6.36. The molecule has 0 aromatic carbocycles. The fourth-order valence-corrected chi connectivity index (χ4v) is 2.14. The van der Waals surface area contributed by atoms with Gasteiger partial charge in [-0.1, -0.05) is 23.2 Å². The highest BCUT2D eigenvalue weighted by Gasteiger charge is 2.22. The molecule has 0 saturated carbocycles. The lowest BCUT2D eigenvalue weighted by atomic mass is 10.0.